The van der Waals surface area contributed by atoms with Crippen LogP contribution in [0.1, 0.15) is 43.8 Å². The zero-order valence-corrected chi connectivity index (χ0v) is 30.4. The second-order valence-electron chi connectivity index (χ2n) is 13.1. The normalized spacial score (nSPS) is 13.8. The van der Waals surface area contributed by atoms with Crippen molar-refractivity contribution in [3.63, 3.8) is 0 Å². The molecule has 260 valence electrons. The Morgan fingerprint density at radius 1 is 1.02 bits per heavy atom. The van der Waals surface area contributed by atoms with Gasteiger partial charge in [0.05, 0.1) is 21.8 Å². The number of aryl methyl sites for hydroxylation is 1. The van der Waals surface area contributed by atoms with Gasteiger partial charge in [0.25, 0.3) is 10.0 Å². The van der Waals surface area contributed by atoms with Crippen LogP contribution in [0, 0.1) is 24.1 Å². The molecule has 14 heteroatoms. The third-order valence-corrected chi connectivity index (χ3v) is 11.2. The molecule has 1 aliphatic heterocycles. The molecule has 0 N–H and O–H groups in total. The fourth-order valence-corrected chi connectivity index (χ4v) is 8.42. The summed E-state index contributed by atoms with van der Waals surface area (Å²) in [5.74, 6) is 0.232. The van der Waals surface area contributed by atoms with Crippen LogP contribution >= 0.6 is 11.3 Å². The number of halogens is 1. The van der Waals surface area contributed by atoms with E-state index in [0.717, 1.165) is 16.9 Å². The maximum absolute atomic E-state index is 14.4. The number of anilines is 3. The number of thiazole rings is 1. The molecule has 0 atom stereocenters. The number of aromatic nitrogens is 3. The minimum absolute atomic E-state index is 0.144. The molecule has 0 aliphatic carbocycles. The molecule has 3 aromatic heterocycles. The van der Waals surface area contributed by atoms with E-state index < -0.39 is 21.4 Å². The molecule has 0 radical (unpaired) electrons. The van der Waals surface area contributed by atoms with E-state index in [-0.39, 0.29) is 11.0 Å². The summed E-state index contributed by atoms with van der Waals surface area (Å²) in [6.07, 6.45) is -0.0255. The summed E-state index contributed by atoms with van der Waals surface area (Å²) in [6.45, 7) is 11.2. The van der Waals surface area contributed by atoms with Crippen LogP contribution < -0.4 is 9.80 Å². The van der Waals surface area contributed by atoms with Crippen LogP contribution in [0.5, 0.6) is 0 Å². The maximum atomic E-state index is 14.4. The number of rotatable bonds is 7. The summed E-state index contributed by atoms with van der Waals surface area (Å²) in [5.41, 5.74) is 3.22. The summed E-state index contributed by atoms with van der Waals surface area (Å²) in [7, 11) is -2.29. The topological polar surface area (TPSA) is 125 Å². The van der Waals surface area contributed by atoms with Crippen molar-refractivity contribution < 1.29 is 22.3 Å². The van der Waals surface area contributed by atoms with Crippen molar-refractivity contribution in [3.8, 4) is 17.3 Å². The Morgan fingerprint density at radius 3 is 2.28 bits per heavy atom. The first-order chi connectivity index (χ1) is 23.7. The number of carbonyl (C=O) groups excluding carboxylic acids is 1. The third kappa shape index (κ3) is 6.63. The minimum Gasteiger partial charge on any atom is -0.444 e. The van der Waals surface area contributed by atoms with Crippen molar-refractivity contribution in [2.75, 3.05) is 43.0 Å². The number of pyridine rings is 1. The summed E-state index contributed by atoms with van der Waals surface area (Å²) in [6, 6.07) is 18.3. The molecule has 0 saturated carbocycles. The van der Waals surface area contributed by atoms with E-state index in [1.54, 1.807) is 65.4 Å². The van der Waals surface area contributed by atoms with Gasteiger partial charge in [-0.05, 0) is 82.6 Å². The van der Waals surface area contributed by atoms with Crippen LogP contribution in [0.25, 0.3) is 22.3 Å². The SMILES string of the molecule is CCc1c(N(C)c2nc(-c3ccc(F)cc3)c(C#N)s2)c2nc(N3CCN(C(=O)OC(C)(C)C)CC3)ccc2n1S(=O)(=O)c1ccc(C)cc1. The minimum atomic E-state index is -4.07. The molecule has 1 saturated heterocycles. The molecule has 11 nitrogen and oxygen atoms in total. The number of hydrogen-bond acceptors (Lipinski definition) is 10. The van der Waals surface area contributed by atoms with Crippen LogP contribution in [0.4, 0.5) is 25.8 Å². The second kappa shape index (κ2) is 13.4. The lowest BCUT2D eigenvalue weighted by Crippen LogP contribution is -2.50. The second-order valence-corrected chi connectivity index (χ2v) is 15.8. The number of nitriles is 1. The van der Waals surface area contributed by atoms with Gasteiger partial charge in [0.1, 0.15) is 39.4 Å². The van der Waals surface area contributed by atoms with Crippen molar-refractivity contribution in [1.82, 2.24) is 18.8 Å². The largest absolute Gasteiger partial charge is 0.444 e. The standard InChI is InChI=1S/C36H38FN7O4S2/c1-7-27-33(41(6)34-40-31(29(22-38)49-34)24-10-12-25(37)13-11-24)32-28(44(27)50(46,47)26-14-8-23(2)9-15-26)16-17-30(39-32)42-18-20-43(21-19-42)35(45)48-36(3,4)5/h8-17H,7,18-21H2,1-6H3. The molecule has 2 aromatic carbocycles. The predicted octanol–water partition coefficient (Wildman–Crippen LogP) is 7.10. The van der Waals surface area contributed by atoms with E-state index in [1.807, 2.05) is 34.6 Å². The zero-order chi connectivity index (χ0) is 36.0. The Labute approximate surface area is 295 Å². The van der Waals surface area contributed by atoms with Gasteiger partial charge in [0, 0.05) is 38.8 Å². The Kier molecular flexibility index (Phi) is 9.32. The highest BCUT2D eigenvalue weighted by atomic mass is 32.2. The van der Waals surface area contributed by atoms with Gasteiger partial charge >= 0.3 is 6.09 Å². The first kappa shape index (κ1) is 34.8. The van der Waals surface area contributed by atoms with E-state index in [0.29, 0.717) is 82.1 Å². The number of fused-ring (bicyclic) bond motifs is 1. The predicted molar refractivity (Wildman–Crippen MR) is 193 cm³/mol. The van der Waals surface area contributed by atoms with Crippen LogP contribution in [0.2, 0.25) is 0 Å². The van der Waals surface area contributed by atoms with E-state index in [1.165, 1.54) is 16.1 Å². The number of hydrogen-bond donors (Lipinski definition) is 0. The molecule has 1 fully saturated rings. The fraction of sp³-hybridized carbons (Fsp3) is 0.333. The number of benzene rings is 2. The van der Waals surface area contributed by atoms with Crippen LogP contribution in [0.3, 0.4) is 0 Å². The average Bonchev–Trinajstić information content (AvgIpc) is 3.67. The lowest BCUT2D eigenvalue weighted by atomic mass is 10.1. The van der Waals surface area contributed by atoms with Crippen molar-refractivity contribution in [3.05, 3.63) is 82.6 Å². The number of ether oxygens (including phenoxy) is 1. The van der Waals surface area contributed by atoms with Gasteiger partial charge in [0.2, 0.25) is 0 Å². The smallest absolute Gasteiger partial charge is 0.410 e. The van der Waals surface area contributed by atoms with Gasteiger partial charge < -0.3 is 19.4 Å². The highest BCUT2D eigenvalue weighted by Crippen LogP contribution is 2.42. The molecular weight excluding hydrogens is 678 g/mol. The quantitative estimate of drug-likeness (QED) is 0.174. The van der Waals surface area contributed by atoms with Crippen molar-refractivity contribution in [1.29, 1.82) is 5.26 Å². The molecule has 1 aliphatic rings. The van der Waals surface area contributed by atoms with Gasteiger partial charge in [-0.1, -0.05) is 36.0 Å². The van der Waals surface area contributed by atoms with Crippen LogP contribution in [-0.2, 0) is 21.2 Å². The average molecular weight is 716 g/mol. The monoisotopic (exact) mass is 715 g/mol. The Bertz CT molecular complexity index is 2210. The number of piperazine rings is 1. The third-order valence-electron chi connectivity index (χ3n) is 8.43. The zero-order valence-electron chi connectivity index (χ0n) is 28.8. The molecule has 1 amide bonds. The lowest BCUT2D eigenvalue weighted by molar-refractivity contribution is 0.0240. The molecule has 0 bridgehead atoms. The highest BCUT2D eigenvalue weighted by Gasteiger charge is 2.32. The van der Waals surface area contributed by atoms with Gasteiger partial charge in [0.15, 0.2) is 5.13 Å². The Balaban J connectivity index is 1.47. The summed E-state index contributed by atoms with van der Waals surface area (Å²) < 4.78 is 49.4. The Morgan fingerprint density at radius 2 is 1.68 bits per heavy atom. The van der Waals surface area contributed by atoms with Gasteiger partial charge in [-0.3, -0.25) is 0 Å². The summed E-state index contributed by atoms with van der Waals surface area (Å²) >= 11 is 1.16. The van der Waals surface area contributed by atoms with Crippen molar-refractivity contribution in [2.24, 2.45) is 0 Å². The first-order valence-electron chi connectivity index (χ1n) is 16.2. The molecule has 0 spiro atoms. The van der Waals surface area contributed by atoms with Crippen molar-refractivity contribution in [2.45, 2.75) is 51.5 Å². The fourth-order valence-electron chi connectivity index (χ4n) is 5.96. The molecule has 50 heavy (non-hydrogen) atoms. The molecular formula is C36H38FN7O4S2. The van der Waals surface area contributed by atoms with Crippen molar-refractivity contribution >= 4 is 55.1 Å². The highest BCUT2D eigenvalue weighted by molar-refractivity contribution is 7.90. The number of amides is 1. The maximum Gasteiger partial charge on any atom is 0.410 e. The van der Waals surface area contributed by atoms with Crippen LogP contribution in [-0.4, -0.2) is 72.2 Å². The van der Waals surface area contributed by atoms with Crippen LogP contribution in [0.15, 0.2) is 65.6 Å². The van der Waals surface area contributed by atoms with E-state index >= 15 is 0 Å². The summed E-state index contributed by atoms with van der Waals surface area (Å²) in [5, 5.41) is 10.5. The molecule has 4 heterocycles. The molecule has 5 aromatic rings. The first-order valence-corrected chi connectivity index (χ1v) is 18.5. The van der Waals surface area contributed by atoms with Gasteiger partial charge in [-0.15, -0.1) is 0 Å². The molecule has 0 unspecified atom stereocenters. The molecule has 6 rings (SSSR count). The number of carbonyl (C=O) groups is 1. The lowest BCUT2D eigenvalue weighted by Gasteiger charge is -2.36. The van der Waals surface area contributed by atoms with Gasteiger partial charge in [-0.2, -0.15) is 5.26 Å². The Hall–Kier alpha value is -5.00. The van der Waals surface area contributed by atoms with Gasteiger partial charge in [-0.25, -0.2) is 31.5 Å². The number of nitrogens with zero attached hydrogens (tertiary/aromatic N) is 7. The van der Waals surface area contributed by atoms with E-state index in [2.05, 4.69) is 11.0 Å². The van der Waals surface area contributed by atoms with E-state index in [4.69, 9.17) is 14.7 Å². The van der Waals surface area contributed by atoms with E-state index in [9.17, 15) is 22.9 Å². The summed E-state index contributed by atoms with van der Waals surface area (Å²) in [4.78, 5) is 28.6.